The first kappa shape index (κ1) is 19.4. The van der Waals surface area contributed by atoms with Gasteiger partial charge in [0, 0.05) is 54.2 Å². The lowest BCUT2D eigenvalue weighted by Gasteiger charge is -2.33. The van der Waals surface area contributed by atoms with Crippen LogP contribution in [0.1, 0.15) is 25.5 Å². The van der Waals surface area contributed by atoms with Crippen molar-refractivity contribution in [3.8, 4) is 11.4 Å². The van der Waals surface area contributed by atoms with Gasteiger partial charge in [0.1, 0.15) is 18.0 Å². The Kier molecular flexibility index (Phi) is 5.39. The van der Waals surface area contributed by atoms with Gasteiger partial charge in [-0.05, 0) is 43.5 Å². The fourth-order valence-corrected chi connectivity index (χ4v) is 4.01. The van der Waals surface area contributed by atoms with Gasteiger partial charge in [-0.3, -0.25) is 4.98 Å². The Labute approximate surface area is 181 Å². The molecule has 0 atom stereocenters. The number of rotatable bonds is 5. The van der Waals surface area contributed by atoms with E-state index in [0.29, 0.717) is 11.9 Å². The van der Waals surface area contributed by atoms with E-state index in [2.05, 4.69) is 44.2 Å². The van der Waals surface area contributed by atoms with Crippen molar-refractivity contribution in [2.75, 3.05) is 23.3 Å². The Morgan fingerprint density at radius 2 is 1.90 bits per heavy atom. The zero-order valence-corrected chi connectivity index (χ0v) is 17.6. The molecule has 0 saturated carbocycles. The number of aromatic nitrogens is 5. The number of nitrogens with zero attached hydrogens (tertiary/aromatic N) is 6. The van der Waals surface area contributed by atoms with Crippen molar-refractivity contribution in [1.82, 2.24) is 24.9 Å². The normalized spacial score (nSPS) is 14.7. The second kappa shape index (κ2) is 8.63. The van der Waals surface area contributed by atoms with E-state index in [9.17, 15) is 0 Å². The van der Waals surface area contributed by atoms with Gasteiger partial charge in [-0.25, -0.2) is 19.9 Å². The van der Waals surface area contributed by atoms with Crippen LogP contribution in [0.3, 0.4) is 0 Å². The molecule has 156 valence electrons. The smallest absolute Gasteiger partial charge is 0.163 e. The SMILES string of the molecule is CCc1cc(N2CCC(Nc3nc(-c4cccnc4)nc4ccccc34)CC2)ncn1. The third kappa shape index (κ3) is 4.17. The first-order valence-electron chi connectivity index (χ1n) is 10.8. The second-order valence-electron chi connectivity index (χ2n) is 7.78. The molecule has 4 heterocycles. The Balaban J connectivity index is 1.36. The molecule has 1 N–H and O–H groups in total. The van der Waals surface area contributed by atoms with Crippen molar-refractivity contribution in [2.24, 2.45) is 0 Å². The van der Waals surface area contributed by atoms with Gasteiger partial charge in [0.2, 0.25) is 0 Å². The third-order valence-electron chi connectivity index (χ3n) is 5.75. The average Bonchev–Trinajstić information content (AvgIpc) is 2.85. The maximum atomic E-state index is 4.87. The summed E-state index contributed by atoms with van der Waals surface area (Å²) in [5.74, 6) is 2.61. The van der Waals surface area contributed by atoms with Crippen LogP contribution in [-0.2, 0) is 6.42 Å². The van der Waals surface area contributed by atoms with Gasteiger partial charge < -0.3 is 10.2 Å². The topological polar surface area (TPSA) is 79.7 Å². The Hall–Kier alpha value is -3.61. The number of piperidine rings is 1. The summed E-state index contributed by atoms with van der Waals surface area (Å²) in [5.41, 5.74) is 2.94. The molecule has 0 amide bonds. The summed E-state index contributed by atoms with van der Waals surface area (Å²) in [6, 6.07) is 14.5. The van der Waals surface area contributed by atoms with Crippen LogP contribution in [0, 0.1) is 0 Å². The van der Waals surface area contributed by atoms with Gasteiger partial charge >= 0.3 is 0 Å². The molecule has 7 heteroatoms. The lowest BCUT2D eigenvalue weighted by atomic mass is 10.0. The molecule has 0 aliphatic carbocycles. The van der Waals surface area contributed by atoms with Crippen molar-refractivity contribution in [3.63, 3.8) is 0 Å². The molecule has 4 aromatic rings. The summed E-state index contributed by atoms with van der Waals surface area (Å²) in [7, 11) is 0. The number of hydrogen-bond acceptors (Lipinski definition) is 7. The van der Waals surface area contributed by atoms with Crippen LogP contribution < -0.4 is 10.2 Å². The first-order chi connectivity index (χ1) is 15.3. The Bertz CT molecular complexity index is 1170. The maximum Gasteiger partial charge on any atom is 0.163 e. The van der Waals surface area contributed by atoms with Crippen LogP contribution in [0.25, 0.3) is 22.3 Å². The zero-order chi connectivity index (χ0) is 21.0. The highest BCUT2D eigenvalue weighted by Crippen LogP contribution is 2.27. The zero-order valence-electron chi connectivity index (χ0n) is 17.6. The van der Waals surface area contributed by atoms with Gasteiger partial charge in [0.05, 0.1) is 5.52 Å². The highest BCUT2D eigenvalue weighted by Gasteiger charge is 2.22. The molecule has 5 rings (SSSR count). The number of pyridine rings is 1. The minimum absolute atomic E-state index is 0.351. The van der Waals surface area contributed by atoms with Gasteiger partial charge in [-0.15, -0.1) is 0 Å². The van der Waals surface area contributed by atoms with Crippen molar-refractivity contribution >= 4 is 22.5 Å². The number of aryl methyl sites for hydroxylation is 1. The summed E-state index contributed by atoms with van der Waals surface area (Å²) in [4.78, 5) is 25.0. The number of benzene rings is 1. The summed E-state index contributed by atoms with van der Waals surface area (Å²) in [6.45, 7) is 4.03. The van der Waals surface area contributed by atoms with E-state index in [1.807, 2.05) is 30.3 Å². The molecule has 1 aromatic carbocycles. The molecule has 31 heavy (non-hydrogen) atoms. The predicted molar refractivity (Wildman–Crippen MR) is 123 cm³/mol. The molecule has 1 aliphatic heterocycles. The molecule has 1 saturated heterocycles. The van der Waals surface area contributed by atoms with Gasteiger partial charge in [0.15, 0.2) is 5.82 Å². The molecular weight excluding hydrogens is 386 g/mol. The van der Waals surface area contributed by atoms with Crippen molar-refractivity contribution in [1.29, 1.82) is 0 Å². The molecule has 7 nitrogen and oxygen atoms in total. The highest BCUT2D eigenvalue weighted by atomic mass is 15.2. The molecule has 0 spiro atoms. The molecular formula is C24H25N7. The molecule has 3 aromatic heterocycles. The molecule has 1 aliphatic rings. The van der Waals surface area contributed by atoms with E-state index in [0.717, 1.165) is 66.1 Å². The van der Waals surface area contributed by atoms with Crippen LogP contribution >= 0.6 is 0 Å². The number of anilines is 2. The van der Waals surface area contributed by atoms with E-state index in [1.165, 1.54) is 0 Å². The third-order valence-corrected chi connectivity index (χ3v) is 5.75. The van der Waals surface area contributed by atoms with E-state index in [4.69, 9.17) is 9.97 Å². The number of hydrogen-bond donors (Lipinski definition) is 1. The van der Waals surface area contributed by atoms with E-state index < -0.39 is 0 Å². The minimum Gasteiger partial charge on any atom is -0.367 e. The van der Waals surface area contributed by atoms with Crippen LogP contribution in [0.15, 0.2) is 61.2 Å². The van der Waals surface area contributed by atoms with Crippen molar-refractivity contribution in [3.05, 3.63) is 66.9 Å². The Morgan fingerprint density at radius 3 is 2.71 bits per heavy atom. The Morgan fingerprint density at radius 1 is 1.03 bits per heavy atom. The lowest BCUT2D eigenvalue weighted by molar-refractivity contribution is 0.522. The summed E-state index contributed by atoms with van der Waals surface area (Å²) < 4.78 is 0. The highest BCUT2D eigenvalue weighted by molar-refractivity contribution is 5.90. The van der Waals surface area contributed by atoms with Gasteiger partial charge in [-0.2, -0.15) is 0 Å². The largest absolute Gasteiger partial charge is 0.367 e. The van der Waals surface area contributed by atoms with E-state index in [1.54, 1.807) is 18.7 Å². The number of fused-ring (bicyclic) bond motifs is 1. The minimum atomic E-state index is 0.351. The van der Waals surface area contributed by atoms with E-state index >= 15 is 0 Å². The molecule has 0 bridgehead atoms. The maximum absolute atomic E-state index is 4.87. The van der Waals surface area contributed by atoms with Crippen LogP contribution in [0.2, 0.25) is 0 Å². The predicted octanol–water partition coefficient (Wildman–Crippen LogP) is 4.13. The lowest BCUT2D eigenvalue weighted by Crippen LogP contribution is -2.39. The van der Waals surface area contributed by atoms with Gasteiger partial charge in [-0.1, -0.05) is 19.1 Å². The molecule has 1 fully saturated rings. The summed E-state index contributed by atoms with van der Waals surface area (Å²) in [5, 5.41) is 4.74. The first-order valence-corrected chi connectivity index (χ1v) is 10.8. The number of para-hydroxylation sites is 1. The van der Waals surface area contributed by atoms with Crippen LogP contribution in [-0.4, -0.2) is 44.1 Å². The quantitative estimate of drug-likeness (QED) is 0.529. The fraction of sp³-hybridized carbons (Fsp3) is 0.292. The van der Waals surface area contributed by atoms with Crippen LogP contribution in [0.4, 0.5) is 11.6 Å². The van der Waals surface area contributed by atoms with Crippen LogP contribution in [0.5, 0.6) is 0 Å². The fourth-order valence-electron chi connectivity index (χ4n) is 4.01. The molecule has 0 radical (unpaired) electrons. The van der Waals surface area contributed by atoms with E-state index in [-0.39, 0.29) is 0 Å². The summed E-state index contributed by atoms with van der Waals surface area (Å²) >= 11 is 0. The summed E-state index contributed by atoms with van der Waals surface area (Å²) in [6.07, 6.45) is 8.20. The van der Waals surface area contributed by atoms with Gasteiger partial charge in [0.25, 0.3) is 0 Å². The van der Waals surface area contributed by atoms with Crippen molar-refractivity contribution in [2.45, 2.75) is 32.2 Å². The van der Waals surface area contributed by atoms with Crippen molar-refractivity contribution < 1.29 is 0 Å². The molecule has 0 unspecified atom stereocenters. The second-order valence-corrected chi connectivity index (χ2v) is 7.78. The number of nitrogens with one attached hydrogen (secondary N) is 1. The average molecular weight is 412 g/mol. The standard InChI is InChI=1S/C24H25N7/c1-2-18-14-22(27-16-26-18)31-12-9-19(10-13-31)28-24-20-7-3-4-8-21(20)29-23(30-24)17-6-5-11-25-15-17/h3-8,11,14-16,19H,2,9-10,12-13H2,1H3,(H,28,29,30). The monoisotopic (exact) mass is 411 g/mol.